The zero-order chi connectivity index (χ0) is 14.0. The maximum Gasteiger partial charge on any atom is 0.324 e. The van der Waals surface area contributed by atoms with Gasteiger partial charge in [0.1, 0.15) is 0 Å². The van der Waals surface area contributed by atoms with Crippen molar-refractivity contribution in [1.82, 2.24) is 15.1 Å². The molecule has 5 nitrogen and oxygen atoms in total. The third kappa shape index (κ3) is 3.13. The van der Waals surface area contributed by atoms with Gasteiger partial charge in [-0.15, -0.1) is 11.3 Å². The number of imide groups is 1. The molecule has 3 amide bonds. The molecular formula is C13H19N3O2S. The van der Waals surface area contributed by atoms with E-state index in [1.807, 2.05) is 11.9 Å². The predicted octanol–water partition coefficient (Wildman–Crippen LogP) is 1.60. The van der Waals surface area contributed by atoms with Crippen LogP contribution in [-0.2, 0) is 4.79 Å². The highest BCUT2D eigenvalue weighted by atomic mass is 32.1. The number of hydrogen-bond acceptors (Lipinski definition) is 4. The normalized spacial score (nSPS) is 16.8. The van der Waals surface area contributed by atoms with Gasteiger partial charge in [0.05, 0.1) is 6.54 Å². The van der Waals surface area contributed by atoms with E-state index < -0.39 is 0 Å². The molecule has 1 aromatic heterocycles. The van der Waals surface area contributed by atoms with Crippen LogP contribution in [0.5, 0.6) is 0 Å². The van der Waals surface area contributed by atoms with Crippen molar-refractivity contribution in [3.05, 3.63) is 21.9 Å². The summed E-state index contributed by atoms with van der Waals surface area (Å²) in [5, 5.41) is 2.64. The summed E-state index contributed by atoms with van der Waals surface area (Å²) in [6.45, 7) is 5.42. The fourth-order valence-corrected chi connectivity index (χ4v) is 3.03. The molecule has 1 unspecified atom stereocenters. The van der Waals surface area contributed by atoms with E-state index in [4.69, 9.17) is 0 Å². The van der Waals surface area contributed by atoms with Crippen LogP contribution in [0.3, 0.4) is 0 Å². The summed E-state index contributed by atoms with van der Waals surface area (Å²) >= 11 is 1.74. The third-order valence-corrected chi connectivity index (χ3v) is 4.55. The molecule has 0 spiro atoms. The van der Waals surface area contributed by atoms with Crippen molar-refractivity contribution >= 4 is 23.3 Å². The van der Waals surface area contributed by atoms with Crippen LogP contribution in [0, 0.1) is 6.92 Å². The number of nitrogens with zero attached hydrogens (tertiary/aromatic N) is 2. The van der Waals surface area contributed by atoms with Gasteiger partial charge in [-0.2, -0.15) is 0 Å². The van der Waals surface area contributed by atoms with E-state index in [1.54, 1.807) is 11.3 Å². The second-order valence-electron chi connectivity index (χ2n) is 4.82. The Kier molecular flexibility index (Phi) is 4.21. The number of aryl methyl sites for hydroxylation is 1. The van der Waals surface area contributed by atoms with Crippen molar-refractivity contribution in [2.45, 2.75) is 19.9 Å². The van der Waals surface area contributed by atoms with Crippen LogP contribution in [0.25, 0.3) is 0 Å². The fraction of sp³-hybridized carbons (Fsp3) is 0.538. The Balaban J connectivity index is 1.95. The van der Waals surface area contributed by atoms with Crippen LogP contribution in [0.4, 0.5) is 4.79 Å². The van der Waals surface area contributed by atoms with Crippen LogP contribution < -0.4 is 5.32 Å². The van der Waals surface area contributed by atoms with E-state index in [0.29, 0.717) is 13.1 Å². The summed E-state index contributed by atoms with van der Waals surface area (Å²) in [6, 6.07) is 4.07. The van der Waals surface area contributed by atoms with Crippen LogP contribution in [-0.4, -0.2) is 48.4 Å². The van der Waals surface area contributed by atoms with E-state index in [9.17, 15) is 9.59 Å². The van der Waals surface area contributed by atoms with Gasteiger partial charge in [0.25, 0.3) is 0 Å². The molecule has 0 bridgehead atoms. The van der Waals surface area contributed by atoms with Gasteiger partial charge in [-0.1, -0.05) is 0 Å². The molecule has 104 valence electrons. The maximum absolute atomic E-state index is 12.0. The monoisotopic (exact) mass is 281 g/mol. The lowest BCUT2D eigenvalue weighted by atomic mass is 10.2. The second kappa shape index (κ2) is 5.71. The molecule has 2 rings (SSSR count). The minimum atomic E-state index is -0.280. The molecule has 19 heavy (non-hydrogen) atoms. The van der Waals surface area contributed by atoms with Gasteiger partial charge in [-0.25, -0.2) is 4.79 Å². The molecule has 0 radical (unpaired) electrons. The molecule has 0 saturated carbocycles. The molecule has 2 heterocycles. The fourth-order valence-electron chi connectivity index (χ4n) is 2.04. The first-order chi connectivity index (χ1) is 8.99. The molecule has 1 aliphatic rings. The number of rotatable bonds is 4. The number of carbonyl (C=O) groups excluding carboxylic acids is 2. The van der Waals surface area contributed by atoms with Crippen molar-refractivity contribution in [2.75, 3.05) is 26.7 Å². The number of nitrogens with one attached hydrogen (secondary N) is 1. The van der Waals surface area contributed by atoms with E-state index >= 15 is 0 Å². The zero-order valence-corrected chi connectivity index (χ0v) is 12.3. The maximum atomic E-state index is 12.0. The SMILES string of the molecule is Cc1ccc(C(C)N(C)CC(=O)N2CCNC2=O)s1. The molecule has 1 aliphatic heterocycles. The lowest BCUT2D eigenvalue weighted by Crippen LogP contribution is -2.41. The first kappa shape index (κ1) is 14.0. The smallest absolute Gasteiger partial charge is 0.324 e. The van der Waals surface area contributed by atoms with Crippen molar-refractivity contribution in [3.8, 4) is 0 Å². The van der Waals surface area contributed by atoms with Crippen molar-refractivity contribution in [2.24, 2.45) is 0 Å². The Hall–Kier alpha value is -1.40. The molecule has 1 N–H and O–H groups in total. The second-order valence-corrected chi connectivity index (χ2v) is 6.14. The van der Waals surface area contributed by atoms with E-state index in [0.717, 1.165) is 0 Å². The number of likely N-dealkylation sites (N-methyl/N-ethyl adjacent to an activating group) is 1. The number of hydrogen-bond donors (Lipinski definition) is 1. The first-order valence-electron chi connectivity index (χ1n) is 6.34. The summed E-state index contributed by atoms with van der Waals surface area (Å²) in [4.78, 5) is 29.2. The van der Waals surface area contributed by atoms with E-state index in [2.05, 4.69) is 31.3 Å². The highest BCUT2D eigenvalue weighted by Crippen LogP contribution is 2.26. The Labute approximate surface area is 117 Å². The average Bonchev–Trinajstić information content (AvgIpc) is 2.96. The summed E-state index contributed by atoms with van der Waals surface area (Å²) in [7, 11) is 1.91. The summed E-state index contributed by atoms with van der Waals surface area (Å²) in [6.07, 6.45) is 0. The van der Waals surface area contributed by atoms with Crippen molar-refractivity contribution in [3.63, 3.8) is 0 Å². The summed E-state index contributed by atoms with van der Waals surface area (Å²) in [5.41, 5.74) is 0. The molecule has 1 aromatic rings. The van der Waals surface area contributed by atoms with Gasteiger partial charge < -0.3 is 5.32 Å². The molecule has 1 atom stereocenters. The van der Waals surface area contributed by atoms with Gasteiger partial charge in [-0.3, -0.25) is 14.6 Å². The number of urea groups is 1. The highest BCUT2D eigenvalue weighted by molar-refractivity contribution is 7.12. The van der Waals surface area contributed by atoms with Crippen LogP contribution in [0.15, 0.2) is 12.1 Å². The third-order valence-electron chi connectivity index (χ3n) is 3.38. The van der Waals surface area contributed by atoms with Gasteiger partial charge in [0.2, 0.25) is 5.91 Å². The van der Waals surface area contributed by atoms with E-state index in [1.165, 1.54) is 14.7 Å². The van der Waals surface area contributed by atoms with E-state index in [-0.39, 0.29) is 24.5 Å². The largest absolute Gasteiger partial charge is 0.336 e. The average molecular weight is 281 g/mol. The molecule has 1 saturated heterocycles. The van der Waals surface area contributed by atoms with Crippen LogP contribution in [0.2, 0.25) is 0 Å². The Morgan fingerprint density at radius 2 is 2.32 bits per heavy atom. The highest BCUT2D eigenvalue weighted by Gasteiger charge is 2.27. The standard InChI is InChI=1S/C13H19N3O2S/c1-9-4-5-11(19-9)10(2)15(3)8-12(17)16-7-6-14-13(16)18/h4-5,10H,6-8H2,1-3H3,(H,14,18). The number of amides is 3. The molecule has 6 heteroatoms. The lowest BCUT2D eigenvalue weighted by molar-refractivity contribution is -0.128. The molecular weight excluding hydrogens is 262 g/mol. The van der Waals surface area contributed by atoms with Gasteiger partial charge in [-0.05, 0) is 33.0 Å². The first-order valence-corrected chi connectivity index (χ1v) is 7.15. The molecule has 1 fully saturated rings. The number of thiophene rings is 1. The quantitative estimate of drug-likeness (QED) is 0.912. The molecule has 0 aromatic carbocycles. The zero-order valence-electron chi connectivity index (χ0n) is 11.5. The van der Waals surface area contributed by atoms with Gasteiger partial charge in [0.15, 0.2) is 0 Å². The summed E-state index contributed by atoms with van der Waals surface area (Å²) < 4.78 is 0. The summed E-state index contributed by atoms with van der Waals surface area (Å²) in [5.74, 6) is -0.141. The van der Waals surface area contributed by atoms with Gasteiger partial charge in [0, 0.05) is 28.9 Å². The number of carbonyl (C=O) groups is 2. The van der Waals surface area contributed by atoms with Crippen molar-refractivity contribution < 1.29 is 9.59 Å². The minimum Gasteiger partial charge on any atom is -0.336 e. The Morgan fingerprint density at radius 3 is 2.84 bits per heavy atom. The lowest BCUT2D eigenvalue weighted by Gasteiger charge is -2.24. The van der Waals surface area contributed by atoms with Crippen LogP contribution >= 0.6 is 11.3 Å². The minimum absolute atomic E-state index is 0.141. The van der Waals surface area contributed by atoms with Gasteiger partial charge >= 0.3 is 6.03 Å². The Bertz CT molecular complexity index is 486. The van der Waals surface area contributed by atoms with Crippen molar-refractivity contribution in [1.29, 1.82) is 0 Å². The molecule has 0 aliphatic carbocycles. The Morgan fingerprint density at radius 1 is 1.58 bits per heavy atom. The van der Waals surface area contributed by atoms with Crippen LogP contribution in [0.1, 0.15) is 22.7 Å². The predicted molar refractivity (Wildman–Crippen MR) is 75.2 cm³/mol. The topological polar surface area (TPSA) is 52.7 Å².